The fraction of sp³-hybridized carbons (Fsp3) is 0. The minimum absolute atomic E-state index is 0. The van der Waals surface area contributed by atoms with Gasteiger partial charge >= 0.3 is 23.1 Å². The van der Waals surface area contributed by atoms with Crippen molar-refractivity contribution in [3.8, 4) is 0 Å². The molecule has 4 nitrogen and oxygen atoms in total. The number of rotatable bonds is 0. The molecule has 84 valence electrons. The first-order valence-electron chi connectivity index (χ1n) is 4.35. The summed E-state index contributed by atoms with van der Waals surface area (Å²) >= 11 is 9.33. The predicted octanol–water partition coefficient (Wildman–Crippen LogP) is 2.53. The van der Waals surface area contributed by atoms with Gasteiger partial charge in [0.2, 0.25) is 0 Å². The smallest absolute Gasteiger partial charge is 0.428 e. The maximum Gasteiger partial charge on any atom is 2.00 e. The van der Waals surface area contributed by atoms with Crippen LogP contribution in [0, 0.1) is 9.28 Å². The molecule has 0 aromatic carbocycles. The van der Waals surface area contributed by atoms with Gasteiger partial charge in [-0.15, -0.1) is 0 Å². The Hall–Kier alpha value is -0.894. The van der Waals surface area contributed by atoms with Gasteiger partial charge in [0.05, 0.1) is 0 Å². The summed E-state index contributed by atoms with van der Waals surface area (Å²) < 4.78 is 2.64. The average molecular weight is 279 g/mol. The quantitative estimate of drug-likeness (QED) is 0.442. The van der Waals surface area contributed by atoms with Gasteiger partial charge in [0, 0.05) is 12.4 Å². The third-order valence-corrected chi connectivity index (χ3v) is 2.25. The number of hydrogen-bond donors (Lipinski definition) is 2. The second-order valence-corrected chi connectivity index (χ2v) is 3.60. The summed E-state index contributed by atoms with van der Waals surface area (Å²) in [7, 11) is 0. The molecule has 0 aliphatic heterocycles. The van der Waals surface area contributed by atoms with E-state index in [0.29, 0.717) is 9.28 Å². The van der Waals surface area contributed by atoms with Gasteiger partial charge in [0.25, 0.3) is 0 Å². The van der Waals surface area contributed by atoms with Crippen LogP contribution in [0.1, 0.15) is 0 Å². The van der Waals surface area contributed by atoms with Crippen molar-refractivity contribution in [1.82, 2.24) is 9.46 Å². The fourth-order valence-electron chi connectivity index (χ4n) is 0.838. The van der Waals surface area contributed by atoms with Crippen molar-refractivity contribution in [1.29, 1.82) is 0 Å². The molecule has 0 atom stereocenters. The topological polar surface area (TPSA) is 50.3 Å². The van der Waals surface area contributed by atoms with Gasteiger partial charge in [-0.25, -0.2) is 0 Å². The molecule has 7 heteroatoms. The maximum absolute atomic E-state index is 8.73. The minimum Gasteiger partial charge on any atom is -0.428 e. The second kappa shape index (κ2) is 8.23. The van der Waals surface area contributed by atoms with E-state index in [0.717, 1.165) is 9.46 Å². The largest absolute Gasteiger partial charge is 2.00 e. The molecule has 0 fully saturated rings. The van der Waals surface area contributed by atoms with E-state index in [-0.39, 0.29) is 23.1 Å². The number of nitrogens with zero attached hydrogens (tertiary/aromatic N) is 2. The first kappa shape index (κ1) is 16.1. The summed E-state index contributed by atoms with van der Waals surface area (Å²) in [6, 6.07) is 10.3. The molecule has 0 amide bonds. The van der Waals surface area contributed by atoms with Gasteiger partial charge in [-0.1, -0.05) is 36.6 Å². The van der Waals surface area contributed by atoms with Gasteiger partial charge < -0.3 is 10.4 Å². The van der Waals surface area contributed by atoms with E-state index in [1.54, 1.807) is 36.4 Å². The Kier molecular flexibility index (Phi) is 7.80. The third-order valence-electron chi connectivity index (χ3n) is 1.61. The summed E-state index contributed by atoms with van der Waals surface area (Å²) in [4.78, 5) is 0. The normalized spacial score (nSPS) is 8.47. The van der Waals surface area contributed by atoms with Gasteiger partial charge in [0.1, 0.15) is 9.28 Å². The van der Waals surface area contributed by atoms with Crippen LogP contribution < -0.4 is 0 Å². The Balaban J connectivity index is 0.000000284. The van der Waals surface area contributed by atoms with Crippen LogP contribution in [0.25, 0.3) is 0 Å². The zero-order valence-electron chi connectivity index (χ0n) is 8.93. The van der Waals surface area contributed by atoms with Crippen LogP contribution in [0.15, 0.2) is 48.8 Å². The van der Waals surface area contributed by atoms with Crippen LogP contribution >= 0.6 is 24.4 Å². The predicted molar refractivity (Wildman–Crippen MR) is 70.7 cm³/mol. The average Bonchev–Trinajstić information content (AvgIpc) is 2.28. The summed E-state index contributed by atoms with van der Waals surface area (Å²) in [5.41, 5.74) is 0. The number of aromatic nitrogens is 2. The molecule has 0 unspecified atom stereocenters. The molecule has 2 rings (SSSR count). The van der Waals surface area contributed by atoms with Crippen LogP contribution in [0.4, 0.5) is 0 Å². The Morgan fingerprint density at radius 2 is 1.12 bits per heavy atom. The molecule has 0 aliphatic rings. The summed E-state index contributed by atoms with van der Waals surface area (Å²) in [5.74, 6) is 0. The van der Waals surface area contributed by atoms with Gasteiger partial charge in [-0.05, 0) is 24.3 Å². The van der Waals surface area contributed by atoms with Crippen LogP contribution in [0.5, 0.6) is 0 Å². The third kappa shape index (κ3) is 5.82. The molecule has 2 N–H and O–H groups in total. The first-order valence-corrected chi connectivity index (χ1v) is 5.17. The molecule has 0 saturated carbocycles. The van der Waals surface area contributed by atoms with E-state index in [1.165, 1.54) is 12.4 Å². The van der Waals surface area contributed by atoms with Gasteiger partial charge in [-0.3, -0.25) is 0 Å². The molecule has 0 saturated heterocycles. The first-order chi connectivity index (χ1) is 7.61. The van der Waals surface area contributed by atoms with Crippen molar-refractivity contribution >= 4 is 47.5 Å². The Morgan fingerprint density at radius 1 is 0.765 bits per heavy atom. The van der Waals surface area contributed by atoms with Crippen LogP contribution in [0.2, 0.25) is 0 Å². The van der Waals surface area contributed by atoms with Crippen molar-refractivity contribution in [2.75, 3.05) is 0 Å². The molecule has 2 heterocycles. The number of pyridine rings is 2. The molecule has 2 aromatic heterocycles. The standard InChI is InChI=1S/2C5H5NOS.Mg/c2*7-6-4-2-1-3-5(6)8;/h2*1-4,7H;/q;;+2. The van der Waals surface area contributed by atoms with Crippen molar-refractivity contribution in [2.24, 2.45) is 0 Å². The summed E-state index contributed by atoms with van der Waals surface area (Å²) in [6.07, 6.45) is 2.98. The Morgan fingerprint density at radius 3 is 1.29 bits per heavy atom. The number of hydrogen-bond acceptors (Lipinski definition) is 4. The molecule has 0 aliphatic carbocycles. The summed E-state index contributed by atoms with van der Waals surface area (Å²) in [5, 5.41) is 17.5. The van der Waals surface area contributed by atoms with E-state index in [4.69, 9.17) is 10.4 Å². The van der Waals surface area contributed by atoms with E-state index >= 15 is 0 Å². The van der Waals surface area contributed by atoms with Crippen LogP contribution in [0.3, 0.4) is 0 Å². The monoisotopic (exact) mass is 278 g/mol. The van der Waals surface area contributed by atoms with Crippen LogP contribution in [-0.4, -0.2) is 42.9 Å². The molecule has 17 heavy (non-hydrogen) atoms. The molecule has 2 aromatic rings. The van der Waals surface area contributed by atoms with Crippen molar-refractivity contribution in [3.05, 3.63) is 58.1 Å². The fourth-order valence-corrected chi connectivity index (χ4v) is 1.12. The minimum atomic E-state index is 0. The van der Waals surface area contributed by atoms with Crippen molar-refractivity contribution < 1.29 is 10.4 Å². The molecular weight excluding hydrogens is 269 g/mol. The SMILES string of the molecule is On1ccccc1=S.On1ccccc1=S.[Mg+2]. The Bertz CT molecular complexity index is 517. The molecule has 0 bridgehead atoms. The van der Waals surface area contributed by atoms with Gasteiger partial charge in [-0.2, -0.15) is 9.46 Å². The maximum atomic E-state index is 8.73. The van der Waals surface area contributed by atoms with Crippen molar-refractivity contribution in [3.63, 3.8) is 0 Å². The molecule has 0 radical (unpaired) electrons. The summed E-state index contributed by atoms with van der Waals surface area (Å²) in [6.45, 7) is 0. The van der Waals surface area contributed by atoms with E-state index in [1.807, 2.05) is 0 Å². The molecular formula is C10H10MgN2O2S2+2. The Labute approximate surface area is 125 Å². The van der Waals surface area contributed by atoms with Crippen molar-refractivity contribution in [2.45, 2.75) is 0 Å². The zero-order valence-corrected chi connectivity index (χ0v) is 12.0. The van der Waals surface area contributed by atoms with Crippen LogP contribution in [-0.2, 0) is 0 Å². The second-order valence-electron chi connectivity index (χ2n) is 2.77. The molecule has 0 spiro atoms. The van der Waals surface area contributed by atoms with E-state index < -0.39 is 0 Å². The zero-order chi connectivity index (χ0) is 12.0. The van der Waals surface area contributed by atoms with Gasteiger partial charge in [0.15, 0.2) is 0 Å². The van der Waals surface area contributed by atoms with E-state index in [9.17, 15) is 0 Å². The van der Waals surface area contributed by atoms with E-state index in [2.05, 4.69) is 24.4 Å².